The number of rotatable bonds is 8. The normalized spacial score (nSPS) is 16.2. The molecule has 2 aromatic heterocycles. The van der Waals surface area contributed by atoms with Gasteiger partial charge in [-0.1, -0.05) is 47.5 Å². The predicted octanol–water partition coefficient (Wildman–Crippen LogP) is 7.37. The zero-order chi connectivity index (χ0) is 29.1. The molecule has 0 aliphatic carbocycles. The molecule has 2 unspecified atom stereocenters. The number of aromatic nitrogens is 2. The number of hydrogen-bond donors (Lipinski definition) is 2. The number of thiocarbonyl (C=S) groups is 1. The highest BCUT2D eigenvalue weighted by atomic mass is 35.5. The predicted molar refractivity (Wildman–Crippen MR) is 171 cm³/mol. The first-order valence-electron chi connectivity index (χ1n) is 13.2. The topological polar surface area (TPSA) is 71.4 Å². The van der Waals surface area contributed by atoms with Crippen LogP contribution < -0.4 is 20.3 Å². The van der Waals surface area contributed by atoms with E-state index in [1.165, 1.54) is 0 Å². The lowest BCUT2D eigenvalue weighted by Crippen LogP contribution is -2.30. The fourth-order valence-corrected chi connectivity index (χ4v) is 5.88. The zero-order valence-corrected chi connectivity index (χ0v) is 24.5. The van der Waals surface area contributed by atoms with Gasteiger partial charge in [-0.15, -0.1) is 0 Å². The largest absolute Gasteiger partial charge is 0.484 e. The molecule has 3 heterocycles. The Bertz CT molecular complexity index is 1710. The third kappa shape index (κ3) is 5.83. The van der Waals surface area contributed by atoms with Gasteiger partial charge in [-0.2, -0.15) is 0 Å². The highest BCUT2D eigenvalue weighted by molar-refractivity contribution is 7.80. The SMILES string of the molecule is O=C(COc1ccccc1)Nc1ccc(N2C(=S)NC(c3ccccn3)C2c2cccn2-c2ccc(Cl)cc2Cl)cc1. The zero-order valence-electron chi connectivity index (χ0n) is 22.2. The number of carbonyl (C=O) groups is 1. The molecule has 1 saturated heterocycles. The number of anilines is 2. The molecule has 1 aliphatic heterocycles. The Morgan fingerprint density at radius 2 is 1.74 bits per heavy atom. The summed E-state index contributed by atoms with van der Waals surface area (Å²) >= 11 is 18.7. The van der Waals surface area contributed by atoms with Crippen molar-refractivity contribution in [3.05, 3.63) is 137 Å². The number of nitrogens with zero attached hydrogens (tertiary/aromatic N) is 3. The first kappa shape index (κ1) is 27.8. The summed E-state index contributed by atoms with van der Waals surface area (Å²) in [5.74, 6) is 0.381. The summed E-state index contributed by atoms with van der Waals surface area (Å²) in [4.78, 5) is 19.2. The van der Waals surface area contributed by atoms with Crippen LogP contribution in [0.2, 0.25) is 10.0 Å². The number of pyridine rings is 1. The molecule has 10 heteroatoms. The van der Waals surface area contributed by atoms with Crippen LogP contribution in [0.4, 0.5) is 11.4 Å². The highest BCUT2D eigenvalue weighted by Crippen LogP contribution is 2.43. The van der Waals surface area contributed by atoms with Crippen molar-refractivity contribution in [3.8, 4) is 11.4 Å². The number of nitrogens with one attached hydrogen (secondary N) is 2. The van der Waals surface area contributed by atoms with Crippen molar-refractivity contribution in [3.63, 3.8) is 0 Å². The van der Waals surface area contributed by atoms with Gasteiger partial charge < -0.3 is 24.8 Å². The average Bonchev–Trinajstić information content (AvgIpc) is 3.62. The number of amides is 1. The van der Waals surface area contributed by atoms with Crippen molar-refractivity contribution in [1.82, 2.24) is 14.9 Å². The van der Waals surface area contributed by atoms with E-state index in [0.29, 0.717) is 26.6 Å². The molecule has 42 heavy (non-hydrogen) atoms. The minimum atomic E-state index is -0.270. The summed E-state index contributed by atoms with van der Waals surface area (Å²) in [5, 5.41) is 8.02. The third-order valence-corrected chi connectivity index (χ3v) is 7.75. The molecule has 1 fully saturated rings. The molecule has 3 aromatic carbocycles. The number of carbonyl (C=O) groups excluding carboxylic acids is 1. The standard InChI is InChI=1S/C32H25Cl2N5O2S/c33-21-11-16-27(25(34)19-21)38-18-6-10-28(38)31-30(26-9-4-5-17-35-26)37-32(42)39(31)23-14-12-22(13-15-23)36-29(40)20-41-24-7-2-1-3-8-24/h1-19,30-31H,20H2,(H,36,40)(H,37,42). The fourth-order valence-electron chi connectivity index (χ4n) is 5.03. The maximum atomic E-state index is 12.5. The smallest absolute Gasteiger partial charge is 0.262 e. The van der Waals surface area contributed by atoms with Crippen molar-refractivity contribution in [2.75, 3.05) is 16.8 Å². The molecule has 6 rings (SSSR count). The van der Waals surface area contributed by atoms with Crippen molar-refractivity contribution in [2.45, 2.75) is 12.1 Å². The van der Waals surface area contributed by atoms with Gasteiger partial charge >= 0.3 is 0 Å². The van der Waals surface area contributed by atoms with Gasteiger partial charge in [0.1, 0.15) is 11.8 Å². The van der Waals surface area contributed by atoms with Crippen molar-refractivity contribution in [1.29, 1.82) is 0 Å². The van der Waals surface area contributed by atoms with E-state index < -0.39 is 0 Å². The Hall–Kier alpha value is -4.37. The molecule has 7 nitrogen and oxygen atoms in total. The lowest BCUT2D eigenvalue weighted by molar-refractivity contribution is -0.118. The van der Waals surface area contributed by atoms with Crippen LogP contribution in [0, 0.1) is 0 Å². The van der Waals surface area contributed by atoms with Crippen LogP contribution in [0.3, 0.4) is 0 Å². The van der Waals surface area contributed by atoms with E-state index in [1.54, 1.807) is 24.4 Å². The second-order valence-electron chi connectivity index (χ2n) is 9.59. The van der Waals surface area contributed by atoms with E-state index >= 15 is 0 Å². The van der Waals surface area contributed by atoms with Crippen molar-refractivity contribution >= 4 is 57.8 Å². The summed E-state index contributed by atoms with van der Waals surface area (Å²) < 4.78 is 7.61. The molecule has 0 bridgehead atoms. The van der Waals surface area contributed by atoms with E-state index in [-0.39, 0.29) is 24.6 Å². The average molecular weight is 615 g/mol. The van der Waals surface area contributed by atoms with Gasteiger partial charge in [0.25, 0.3) is 5.91 Å². The minimum absolute atomic E-state index is 0.0933. The fraction of sp³-hybridized carbons (Fsp3) is 0.0938. The second-order valence-corrected chi connectivity index (χ2v) is 10.8. The summed E-state index contributed by atoms with van der Waals surface area (Å²) in [5.41, 5.74) is 4.11. The molecule has 210 valence electrons. The lowest BCUT2D eigenvalue weighted by Gasteiger charge is -2.29. The van der Waals surface area contributed by atoms with Gasteiger partial charge in [-0.05, 0) is 91.1 Å². The maximum Gasteiger partial charge on any atom is 0.262 e. The quantitative estimate of drug-likeness (QED) is 0.178. The van der Waals surface area contributed by atoms with Crippen molar-refractivity contribution < 1.29 is 9.53 Å². The molecule has 0 radical (unpaired) electrons. The van der Waals surface area contributed by atoms with Crippen LogP contribution in [0.1, 0.15) is 23.5 Å². The number of para-hydroxylation sites is 1. The third-order valence-electron chi connectivity index (χ3n) is 6.89. The lowest BCUT2D eigenvalue weighted by atomic mass is 10.0. The van der Waals surface area contributed by atoms with Gasteiger partial charge in [0.15, 0.2) is 11.7 Å². The molecule has 0 saturated carbocycles. The Kier molecular flexibility index (Phi) is 8.10. The van der Waals surface area contributed by atoms with Crippen LogP contribution in [0.25, 0.3) is 5.69 Å². The summed E-state index contributed by atoms with van der Waals surface area (Å²) in [7, 11) is 0. The maximum absolute atomic E-state index is 12.5. The van der Waals surface area contributed by atoms with Gasteiger partial charge in [0.05, 0.1) is 22.4 Å². The molecular formula is C32H25Cl2N5O2S. The number of benzene rings is 3. The van der Waals surface area contributed by atoms with Crippen LogP contribution in [0.5, 0.6) is 5.75 Å². The van der Waals surface area contributed by atoms with E-state index in [9.17, 15) is 4.79 Å². The Morgan fingerprint density at radius 3 is 2.48 bits per heavy atom. The number of hydrogen-bond acceptors (Lipinski definition) is 4. The summed E-state index contributed by atoms with van der Waals surface area (Å²) in [6, 6.07) is 31.6. The summed E-state index contributed by atoms with van der Waals surface area (Å²) in [6.45, 7) is -0.0933. The van der Waals surface area contributed by atoms with E-state index in [0.717, 1.165) is 22.8 Å². The minimum Gasteiger partial charge on any atom is -0.484 e. The van der Waals surface area contributed by atoms with E-state index in [4.69, 9.17) is 40.2 Å². The molecule has 2 N–H and O–H groups in total. The Labute approximate surface area is 258 Å². The van der Waals surface area contributed by atoms with Gasteiger partial charge in [0.2, 0.25) is 0 Å². The van der Waals surface area contributed by atoms with Crippen LogP contribution in [-0.2, 0) is 4.79 Å². The molecule has 5 aromatic rings. The van der Waals surface area contributed by atoms with Crippen LogP contribution in [-0.4, -0.2) is 27.2 Å². The van der Waals surface area contributed by atoms with Crippen LogP contribution in [0.15, 0.2) is 116 Å². The number of halogens is 2. The van der Waals surface area contributed by atoms with E-state index in [2.05, 4.69) is 26.6 Å². The first-order chi connectivity index (χ1) is 20.5. The van der Waals surface area contributed by atoms with Crippen molar-refractivity contribution in [2.24, 2.45) is 0 Å². The van der Waals surface area contributed by atoms with E-state index in [1.807, 2.05) is 89.6 Å². The Balaban J connectivity index is 1.30. The van der Waals surface area contributed by atoms with Gasteiger partial charge in [0, 0.05) is 34.5 Å². The summed E-state index contributed by atoms with van der Waals surface area (Å²) in [6.07, 6.45) is 3.74. The highest BCUT2D eigenvalue weighted by Gasteiger charge is 2.42. The van der Waals surface area contributed by atoms with Crippen LogP contribution >= 0.6 is 35.4 Å². The van der Waals surface area contributed by atoms with Gasteiger partial charge in [-0.25, -0.2) is 0 Å². The Morgan fingerprint density at radius 1 is 0.952 bits per heavy atom. The first-order valence-corrected chi connectivity index (χ1v) is 14.4. The molecule has 0 spiro atoms. The molecule has 2 atom stereocenters. The second kappa shape index (κ2) is 12.2. The molecule has 1 amide bonds. The monoisotopic (exact) mass is 613 g/mol. The molecular weight excluding hydrogens is 589 g/mol. The number of ether oxygens (including phenoxy) is 1. The molecule has 1 aliphatic rings. The van der Waals surface area contributed by atoms with Gasteiger partial charge in [-0.3, -0.25) is 9.78 Å².